The number of nitrogens with zero attached hydrogens (tertiary/aromatic N) is 1. The summed E-state index contributed by atoms with van der Waals surface area (Å²) in [7, 11) is 0. The van der Waals surface area contributed by atoms with E-state index in [1.807, 2.05) is 0 Å². The zero-order valence-electron chi connectivity index (χ0n) is 12.0. The van der Waals surface area contributed by atoms with Crippen molar-refractivity contribution < 1.29 is 18.7 Å². The Balaban J connectivity index is 1.95. The number of ether oxygens (including phenoxy) is 1. The van der Waals surface area contributed by atoms with E-state index in [9.17, 15) is 14.0 Å². The predicted molar refractivity (Wildman–Crippen MR) is 89.2 cm³/mol. The molecule has 0 aliphatic heterocycles. The number of anilines is 1. The highest BCUT2D eigenvalue weighted by Crippen LogP contribution is 2.25. The van der Waals surface area contributed by atoms with E-state index in [4.69, 9.17) is 21.6 Å². The summed E-state index contributed by atoms with van der Waals surface area (Å²) in [4.78, 5) is 23.5. The molecule has 0 atom stereocenters. The van der Waals surface area contributed by atoms with Crippen LogP contribution in [-0.2, 0) is 9.53 Å². The summed E-state index contributed by atoms with van der Waals surface area (Å²) in [6.07, 6.45) is 0. The minimum Gasteiger partial charge on any atom is -0.452 e. The van der Waals surface area contributed by atoms with Crippen LogP contribution in [0.2, 0.25) is 5.02 Å². The molecule has 1 amide bonds. The van der Waals surface area contributed by atoms with Gasteiger partial charge in [-0.15, -0.1) is 0 Å². The fourth-order valence-corrected chi connectivity index (χ4v) is 2.16. The normalized spacial score (nSPS) is 9.92. The maximum absolute atomic E-state index is 13.7. The van der Waals surface area contributed by atoms with E-state index in [2.05, 4.69) is 21.2 Å². The smallest absolute Gasteiger partial charge is 0.341 e. The average molecular weight is 412 g/mol. The topological polar surface area (TPSA) is 79.2 Å². The van der Waals surface area contributed by atoms with Crippen molar-refractivity contribution in [2.45, 2.75) is 0 Å². The quantitative estimate of drug-likeness (QED) is 0.774. The molecular weight excluding hydrogens is 403 g/mol. The Morgan fingerprint density at radius 2 is 2.04 bits per heavy atom. The Morgan fingerprint density at radius 3 is 2.67 bits per heavy atom. The van der Waals surface area contributed by atoms with Gasteiger partial charge >= 0.3 is 5.97 Å². The van der Waals surface area contributed by atoms with Crippen molar-refractivity contribution in [2.24, 2.45) is 0 Å². The van der Waals surface area contributed by atoms with Gasteiger partial charge in [-0.3, -0.25) is 4.79 Å². The fraction of sp³-hybridized carbons (Fsp3) is 0.0625. The van der Waals surface area contributed by atoms with Gasteiger partial charge in [-0.2, -0.15) is 5.26 Å². The molecule has 0 aliphatic rings. The highest BCUT2D eigenvalue weighted by Gasteiger charge is 2.15. The second kappa shape index (κ2) is 7.90. The highest BCUT2D eigenvalue weighted by atomic mass is 79.9. The third-order valence-corrected chi connectivity index (χ3v) is 4.09. The lowest BCUT2D eigenvalue weighted by atomic mass is 10.1. The molecule has 0 fully saturated rings. The van der Waals surface area contributed by atoms with Crippen molar-refractivity contribution in [3.8, 4) is 6.07 Å². The van der Waals surface area contributed by atoms with Gasteiger partial charge in [0.2, 0.25) is 0 Å². The van der Waals surface area contributed by atoms with Gasteiger partial charge in [-0.1, -0.05) is 11.6 Å². The van der Waals surface area contributed by atoms with Gasteiger partial charge in [0.15, 0.2) is 6.61 Å². The van der Waals surface area contributed by atoms with Crippen LogP contribution in [0, 0.1) is 17.1 Å². The molecule has 1 N–H and O–H groups in total. The molecule has 0 heterocycles. The minimum absolute atomic E-state index is 0.0777. The lowest BCUT2D eigenvalue weighted by Gasteiger charge is -2.08. The van der Waals surface area contributed by atoms with E-state index in [1.165, 1.54) is 12.1 Å². The summed E-state index contributed by atoms with van der Waals surface area (Å²) in [5, 5.41) is 11.5. The first-order valence-corrected chi connectivity index (χ1v) is 7.69. The Bertz CT molecular complexity index is 852. The molecule has 0 aliphatic carbocycles. The van der Waals surface area contributed by atoms with Crippen molar-refractivity contribution in [1.29, 1.82) is 5.26 Å². The molecule has 0 bridgehead atoms. The van der Waals surface area contributed by atoms with Gasteiger partial charge in [-0.25, -0.2) is 9.18 Å². The standard InChI is InChI=1S/C16H9BrClFN2O3/c17-12-4-2-10(6-13(12)18)21-15(22)8-24-16(23)11-3-1-9(7-20)5-14(11)19/h1-6H,8H2,(H,21,22). The number of nitriles is 1. The van der Waals surface area contributed by atoms with Gasteiger partial charge in [-0.05, 0) is 52.3 Å². The summed E-state index contributed by atoms with van der Waals surface area (Å²) in [6, 6.07) is 9.85. The predicted octanol–water partition coefficient (Wildman–Crippen LogP) is 3.91. The van der Waals surface area contributed by atoms with E-state index in [0.29, 0.717) is 15.2 Å². The van der Waals surface area contributed by atoms with E-state index in [1.54, 1.807) is 18.2 Å². The van der Waals surface area contributed by atoms with Crippen LogP contribution < -0.4 is 5.32 Å². The van der Waals surface area contributed by atoms with Gasteiger partial charge < -0.3 is 10.1 Å². The van der Waals surface area contributed by atoms with Gasteiger partial charge in [0.05, 0.1) is 22.2 Å². The molecule has 0 unspecified atom stereocenters. The van der Waals surface area contributed by atoms with Crippen LogP contribution in [0.25, 0.3) is 0 Å². The van der Waals surface area contributed by atoms with E-state index >= 15 is 0 Å². The van der Waals surface area contributed by atoms with Gasteiger partial charge in [0.1, 0.15) is 5.82 Å². The van der Waals surface area contributed by atoms with Crippen LogP contribution in [0.5, 0.6) is 0 Å². The summed E-state index contributed by atoms with van der Waals surface area (Å²) in [5.74, 6) is -2.49. The highest BCUT2D eigenvalue weighted by molar-refractivity contribution is 9.10. The number of nitrogens with one attached hydrogen (secondary N) is 1. The Hall–Kier alpha value is -2.43. The number of esters is 1. The first-order chi connectivity index (χ1) is 11.4. The van der Waals surface area contributed by atoms with Crippen LogP contribution >= 0.6 is 27.5 Å². The van der Waals surface area contributed by atoms with Crippen molar-refractivity contribution in [3.63, 3.8) is 0 Å². The Labute approximate surface area is 150 Å². The zero-order chi connectivity index (χ0) is 17.7. The van der Waals surface area contributed by atoms with Crippen molar-refractivity contribution >= 4 is 45.1 Å². The first kappa shape index (κ1) is 17.9. The first-order valence-electron chi connectivity index (χ1n) is 6.52. The monoisotopic (exact) mass is 410 g/mol. The molecule has 8 heteroatoms. The molecule has 2 aromatic rings. The molecule has 0 spiro atoms. The van der Waals surface area contributed by atoms with Crippen LogP contribution in [-0.4, -0.2) is 18.5 Å². The third-order valence-electron chi connectivity index (χ3n) is 2.86. The van der Waals surface area contributed by atoms with Crippen molar-refractivity contribution in [3.05, 3.63) is 62.8 Å². The minimum atomic E-state index is -0.999. The van der Waals surface area contributed by atoms with Crippen molar-refractivity contribution in [2.75, 3.05) is 11.9 Å². The number of hydrogen-bond donors (Lipinski definition) is 1. The SMILES string of the molecule is N#Cc1ccc(C(=O)OCC(=O)Nc2ccc(Br)c(Cl)c2)c(F)c1. The van der Waals surface area contributed by atoms with Gasteiger partial charge in [0, 0.05) is 10.2 Å². The molecule has 2 rings (SSSR count). The Morgan fingerprint density at radius 1 is 1.29 bits per heavy atom. The number of hydrogen-bond acceptors (Lipinski definition) is 4. The zero-order valence-corrected chi connectivity index (χ0v) is 14.3. The number of halogens is 3. The van der Waals surface area contributed by atoms with Gasteiger partial charge in [0.25, 0.3) is 5.91 Å². The molecule has 0 radical (unpaired) electrons. The maximum atomic E-state index is 13.7. The van der Waals surface area contributed by atoms with E-state index in [-0.39, 0.29) is 11.1 Å². The number of amides is 1. The number of rotatable bonds is 4. The summed E-state index contributed by atoms with van der Waals surface area (Å²) >= 11 is 9.12. The molecule has 2 aromatic carbocycles. The summed E-state index contributed by atoms with van der Waals surface area (Å²) < 4.78 is 19.1. The number of carbonyl (C=O) groups excluding carboxylic acids is 2. The average Bonchev–Trinajstić information content (AvgIpc) is 2.56. The third kappa shape index (κ3) is 4.54. The second-order valence-corrected chi connectivity index (χ2v) is 5.82. The van der Waals surface area contributed by atoms with Crippen LogP contribution in [0.3, 0.4) is 0 Å². The molecular formula is C16H9BrClFN2O3. The fourth-order valence-electron chi connectivity index (χ4n) is 1.73. The molecule has 24 heavy (non-hydrogen) atoms. The van der Waals surface area contributed by atoms with Crippen LogP contribution in [0.1, 0.15) is 15.9 Å². The van der Waals surface area contributed by atoms with Crippen LogP contribution in [0.4, 0.5) is 10.1 Å². The number of benzene rings is 2. The van der Waals surface area contributed by atoms with Crippen LogP contribution in [0.15, 0.2) is 40.9 Å². The number of carbonyl (C=O) groups is 2. The summed E-state index contributed by atoms with van der Waals surface area (Å²) in [5.41, 5.74) is 0.149. The molecule has 0 aromatic heterocycles. The largest absolute Gasteiger partial charge is 0.452 e. The van der Waals surface area contributed by atoms with E-state index in [0.717, 1.165) is 12.1 Å². The van der Waals surface area contributed by atoms with E-state index < -0.39 is 24.3 Å². The van der Waals surface area contributed by atoms with Crippen molar-refractivity contribution in [1.82, 2.24) is 0 Å². The lowest BCUT2D eigenvalue weighted by Crippen LogP contribution is -2.21. The molecule has 0 saturated carbocycles. The maximum Gasteiger partial charge on any atom is 0.341 e. The lowest BCUT2D eigenvalue weighted by molar-refractivity contribution is -0.119. The molecule has 122 valence electrons. The Kier molecular flexibility index (Phi) is 5.90. The second-order valence-electron chi connectivity index (χ2n) is 4.56. The molecule has 0 saturated heterocycles. The molecule has 5 nitrogen and oxygen atoms in total. The summed E-state index contributed by atoms with van der Waals surface area (Å²) in [6.45, 7) is -0.591.